The molecule has 8 heteroatoms. The molecule has 0 aliphatic heterocycles. The van der Waals surface area contributed by atoms with Crippen LogP contribution in [0.4, 0.5) is 0 Å². The topological polar surface area (TPSA) is 101 Å². The molecule has 1 rings (SSSR count). The van der Waals surface area contributed by atoms with Crippen molar-refractivity contribution in [2.24, 2.45) is 0 Å². The van der Waals surface area contributed by atoms with E-state index in [1.807, 2.05) is 13.8 Å². The second-order valence-electron chi connectivity index (χ2n) is 4.05. The van der Waals surface area contributed by atoms with Gasteiger partial charge in [0.1, 0.15) is 5.76 Å². The van der Waals surface area contributed by atoms with Crippen LogP contribution >= 0.6 is 0 Å². The van der Waals surface area contributed by atoms with Gasteiger partial charge in [-0.1, -0.05) is 19.0 Å². The van der Waals surface area contributed by atoms with Crippen molar-refractivity contribution in [1.82, 2.24) is 15.2 Å². The van der Waals surface area contributed by atoms with Crippen molar-refractivity contribution in [2.45, 2.75) is 19.8 Å². The van der Waals surface area contributed by atoms with Crippen LogP contribution in [0, 0.1) is 0 Å². The Bertz CT molecular complexity index is 507. The fraction of sp³-hybridized carbons (Fsp3) is 0.600. The number of sulfonamides is 1. The molecule has 2 N–H and O–H groups in total. The molecule has 7 nitrogen and oxygen atoms in total. The lowest BCUT2D eigenvalue weighted by Gasteiger charge is -2.03. The zero-order valence-electron chi connectivity index (χ0n) is 10.6. The molecule has 0 fully saturated rings. The Morgan fingerprint density at radius 2 is 2.17 bits per heavy atom. The molecular weight excluding hydrogens is 258 g/mol. The van der Waals surface area contributed by atoms with E-state index < -0.39 is 15.9 Å². The number of hydrogen-bond acceptors (Lipinski definition) is 5. The van der Waals surface area contributed by atoms with E-state index in [0.717, 1.165) is 0 Å². The monoisotopic (exact) mass is 275 g/mol. The summed E-state index contributed by atoms with van der Waals surface area (Å²) in [6.45, 7) is 3.86. The quantitative estimate of drug-likeness (QED) is 0.765. The number of carbonyl (C=O) groups excluding carboxylic acids is 1. The molecule has 1 aromatic rings. The third-order valence-electron chi connectivity index (χ3n) is 2.30. The molecule has 0 atom stereocenters. The van der Waals surface area contributed by atoms with Gasteiger partial charge in [-0.05, 0) is 7.05 Å². The molecule has 18 heavy (non-hydrogen) atoms. The van der Waals surface area contributed by atoms with E-state index >= 15 is 0 Å². The maximum atomic E-state index is 11.6. The number of hydrogen-bond donors (Lipinski definition) is 2. The summed E-state index contributed by atoms with van der Waals surface area (Å²) in [5.74, 6) is 0.132. The molecule has 0 aliphatic carbocycles. The lowest BCUT2D eigenvalue weighted by atomic mass is 10.1. The third kappa shape index (κ3) is 4.11. The van der Waals surface area contributed by atoms with Gasteiger partial charge in [-0.3, -0.25) is 4.79 Å². The summed E-state index contributed by atoms with van der Waals surface area (Å²) >= 11 is 0. The van der Waals surface area contributed by atoms with Crippen LogP contribution in [0.3, 0.4) is 0 Å². The molecule has 1 amide bonds. The van der Waals surface area contributed by atoms with Crippen molar-refractivity contribution < 1.29 is 17.7 Å². The van der Waals surface area contributed by atoms with Crippen LogP contribution in [0.2, 0.25) is 0 Å². The number of rotatable bonds is 6. The van der Waals surface area contributed by atoms with Crippen LogP contribution < -0.4 is 10.0 Å². The van der Waals surface area contributed by atoms with Gasteiger partial charge in [-0.15, -0.1) is 0 Å². The Kier molecular flexibility index (Phi) is 4.85. The Morgan fingerprint density at radius 3 is 2.67 bits per heavy atom. The van der Waals surface area contributed by atoms with E-state index in [9.17, 15) is 13.2 Å². The predicted molar refractivity (Wildman–Crippen MR) is 65.8 cm³/mol. The van der Waals surface area contributed by atoms with Crippen molar-refractivity contribution in [3.05, 3.63) is 17.5 Å². The van der Waals surface area contributed by atoms with Crippen molar-refractivity contribution >= 4 is 15.9 Å². The fourth-order valence-corrected chi connectivity index (χ4v) is 1.73. The molecule has 0 radical (unpaired) electrons. The zero-order chi connectivity index (χ0) is 13.8. The molecular formula is C10H17N3O4S. The van der Waals surface area contributed by atoms with Gasteiger partial charge in [0.25, 0.3) is 5.91 Å². The second-order valence-corrected chi connectivity index (χ2v) is 6.09. The minimum Gasteiger partial charge on any atom is -0.360 e. The van der Waals surface area contributed by atoms with Crippen LogP contribution in [-0.4, -0.2) is 38.8 Å². The normalized spacial score (nSPS) is 11.8. The largest absolute Gasteiger partial charge is 0.360 e. The lowest BCUT2D eigenvalue weighted by molar-refractivity contribution is 0.0947. The number of aromatic nitrogens is 1. The highest BCUT2D eigenvalue weighted by molar-refractivity contribution is 7.89. The SMILES string of the molecule is CNS(=O)(=O)CCNC(=O)c1cc(C(C)C)on1. The van der Waals surface area contributed by atoms with Crippen LogP contribution in [-0.2, 0) is 10.0 Å². The van der Waals surface area contributed by atoms with Gasteiger partial charge in [0.15, 0.2) is 5.69 Å². The van der Waals surface area contributed by atoms with E-state index in [2.05, 4.69) is 15.2 Å². The minimum atomic E-state index is -3.31. The number of nitrogens with one attached hydrogen (secondary N) is 2. The summed E-state index contributed by atoms with van der Waals surface area (Å²) in [6, 6.07) is 1.55. The predicted octanol–water partition coefficient (Wildman–Crippen LogP) is 0.0770. The first-order valence-electron chi connectivity index (χ1n) is 5.51. The van der Waals surface area contributed by atoms with Crippen LogP contribution in [0.5, 0.6) is 0 Å². The van der Waals surface area contributed by atoms with E-state index in [1.165, 1.54) is 7.05 Å². The first kappa shape index (κ1) is 14.7. The molecule has 0 aliphatic rings. The van der Waals surface area contributed by atoms with Crippen molar-refractivity contribution in [1.29, 1.82) is 0 Å². The van der Waals surface area contributed by atoms with Crippen molar-refractivity contribution in [3.63, 3.8) is 0 Å². The smallest absolute Gasteiger partial charge is 0.273 e. The van der Waals surface area contributed by atoms with E-state index in [1.54, 1.807) is 6.07 Å². The van der Waals surface area contributed by atoms with Gasteiger partial charge in [0.2, 0.25) is 10.0 Å². The highest BCUT2D eigenvalue weighted by atomic mass is 32.2. The zero-order valence-corrected chi connectivity index (χ0v) is 11.4. The summed E-state index contributed by atoms with van der Waals surface area (Å²) in [7, 11) is -1.99. The first-order chi connectivity index (χ1) is 8.35. The molecule has 0 spiro atoms. The molecule has 102 valence electrons. The van der Waals surface area contributed by atoms with Crippen LogP contribution in [0.15, 0.2) is 10.6 Å². The standard InChI is InChI=1S/C10H17N3O4S/c1-7(2)9-6-8(13-17-9)10(14)12-4-5-18(15,16)11-3/h6-7,11H,4-5H2,1-3H3,(H,12,14). The molecule has 0 saturated heterocycles. The third-order valence-corrected chi connectivity index (χ3v) is 3.66. The summed E-state index contributed by atoms with van der Waals surface area (Å²) in [5, 5.41) is 6.08. The molecule has 0 unspecified atom stereocenters. The maximum absolute atomic E-state index is 11.6. The first-order valence-corrected chi connectivity index (χ1v) is 7.17. The van der Waals surface area contributed by atoms with Gasteiger partial charge < -0.3 is 9.84 Å². The highest BCUT2D eigenvalue weighted by Crippen LogP contribution is 2.14. The van der Waals surface area contributed by atoms with Gasteiger partial charge in [-0.25, -0.2) is 13.1 Å². The molecule has 0 saturated carbocycles. The second kappa shape index (κ2) is 5.96. The fourth-order valence-electron chi connectivity index (χ4n) is 1.16. The highest BCUT2D eigenvalue weighted by Gasteiger charge is 2.15. The summed E-state index contributed by atoms with van der Waals surface area (Å²) in [6.07, 6.45) is 0. The van der Waals surface area contributed by atoms with Gasteiger partial charge >= 0.3 is 0 Å². The molecule has 1 aromatic heterocycles. The summed E-state index contributed by atoms with van der Waals surface area (Å²) in [4.78, 5) is 11.6. The molecule has 0 aromatic carbocycles. The van der Waals surface area contributed by atoms with Gasteiger partial charge in [0.05, 0.1) is 5.75 Å². The minimum absolute atomic E-state index is 0.0197. The maximum Gasteiger partial charge on any atom is 0.273 e. The van der Waals surface area contributed by atoms with Crippen LogP contribution in [0.1, 0.15) is 36.0 Å². The van der Waals surface area contributed by atoms with Crippen LogP contribution in [0.25, 0.3) is 0 Å². The average Bonchev–Trinajstić information content (AvgIpc) is 2.78. The van der Waals surface area contributed by atoms with E-state index in [-0.39, 0.29) is 23.9 Å². The van der Waals surface area contributed by atoms with E-state index in [4.69, 9.17) is 4.52 Å². The Labute approximate surface area is 106 Å². The van der Waals surface area contributed by atoms with Crippen molar-refractivity contribution in [3.8, 4) is 0 Å². The Hall–Kier alpha value is -1.41. The average molecular weight is 275 g/mol. The summed E-state index contributed by atoms with van der Waals surface area (Å²) < 4.78 is 29.4. The lowest BCUT2D eigenvalue weighted by Crippen LogP contribution is -2.33. The Morgan fingerprint density at radius 1 is 1.50 bits per heavy atom. The van der Waals surface area contributed by atoms with Gasteiger partial charge in [0, 0.05) is 18.5 Å². The van der Waals surface area contributed by atoms with Gasteiger partial charge in [-0.2, -0.15) is 0 Å². The van der Waals surface area contributed by atoms with E-state index in [0.29, 0.717) is 5.76 Å². The Balaban J connectivity index is 2.50. The van der Waals surface area contributed by atoms with Crippen molar-refractivity contribution in [2.75, 3.05) is 19.3 Å². The number of amides is 1. The molecule has 0 bridgehead atoms. The number of nitrogens with zero attached hydrogens (tertiary/aromatic N) is 1. The molecule has 1 heterocycles. The number of carbonyl (C=O) groups is 1. The summed E-state index contributed by atoms with van der Waals surface area (Å²) in [5.41, 5.74) is 0.153.